The normalized spacial score (nSPS) is 24.1. The number of nitrogens with one attached hydrogen (secondary N) is 1. The molecule has 94 valence electrons. The molecule has 1 aromatic heterocycles. The monoisotopic (exact) mass is 237 g/mol. The first-order chi connectivity index (χ1) is 8.08. The smallest absolute Gasteiger partial charge is 0.371 e. The zero-order chi connectivity index (χ0) is 12.4. The Kier molecular flexibility index (Phi) is 3.52. The van der Waals surface area contributed by atoms with E-state index in [9.17, 15) is 4.79 Å². The summed E-state index contributed by atoms with van der Waals surface area (Å²) < 4.78 is 5.18. The average Bonchev–Trinajstić information content (AvgIpc) is 2.82. The first kappa shape index (κ1) is 12.2. The Morgan fingerprint density at radius 1 is 1.59 bits per heavy atom. The van der Waals surface area contributed by atoms with Crippen LogP contribution in [0.2, 0.25) is 0 Å². The van der Waals surface area contributed by atoms with Crippen molar-refractivity contribution in [2.45, 2.75) is 45.7 Å². The number of furan rings is 1. The molecule has 1 aromatic rings. The Bertz CT molecular complexity index is 411. The van der Waals surface area contributed by atoms with Crippen LogP contribution in [-0.2, 0) is 6.54 Å². The van der Waals surface area contributed by atoms with Crippen LogP contribution in [0.15, 0.2) is 10.5 Å². The minimum atomic E-state index is -1.01. The summed E-state index contributed by atoms with van der Waals surface area (Å²) in [5, 5.41) is 12.3. The third kappa shape index (κ3) is 2.69. The SMILES string of the molecule is Cc1oc(C(=O)O)cc1CNC1CCCC1C. The van der Waals surface area contributed by atoms with E-state index in [4.69, 9.17) is 9.52 Å². The Morgan fingerprint density at radius 2 is 2.35 bits per heavy atom. The largest absolute Gasteiger partial charge is 0.475 e. The van der Waals surface area contributed by atoms with E-state index in [-0.39, 0.29) is 5.76 Å². The van der Waals surface area contributed by atoms with Crippen LogP contribution < -0.4 is 5.32 Å². The van der Waals surface area contributed by atoms with Gasteiger partial charge in [0.15, 0.2) is 0 Å². The van der Waals surface area contributed by atoms with Crippen molar-refractivity contribution in [1.82, 2.24) is 5.32 Å². The number of rotatable bonds is 4. The molecule has 4 nitrogen and oxygen atoms in total. The number of carboxylic acid groups (broad SMARTS) is 1. The molecular weight excluding hydrogens is 218 g/mol. The van der Waals surface area contributed by atoms with Gasteiger partial charge in [-0.25, -0.2) is 4.79 Å². The van der Waals surface area contributed by atoms with E-state index in [0.717, 1.165) is 5.56 Å². The quantitative estimate of drug-likeness (QED) is 0.844. The summed E-state index contributed by atoms with van der Waals surface area (Å²) in [7, 11) is 0. The van der Waals surface area contributed by atoms with Gasteiger partial charge in [-0.15, -0.1) is 0 Å². The van der Waals surface area contributed by atoms with E-state index in [2.05, 4.69) is 12.2 Å². The van der Waals surface area contributed by atoms with Crippen molar-refractivity contribution in [3.63, 3.8) is 0 Å². The molecule has 0 aliphatic heterocycles. The number of hydrogen-bond acceptors (Lipinski definition) is 3. The fourth-order valence-electron chi connectivity index (χ4n) is 2.49. The van der Waals surface area contributed by atoms with Gasteiger partial charge < -0.3 is 14.8 Å². The van der Waals surface area contributed by atoms with Gasteiger partial charge in [-0.2, -0.15) is 0 Å². The first-order valence-electron chi connectivity index (χ1n) is 6.14. The maximum Gasteiger partial charge on any atom is 0.371 e. The minimum absolute atomic E-state index is 0.0266. The second-order valence-electron chi connectivity index (χ2n) is 4.89. The Morgan fingerprint density at radius 3 is 2.88 bits per heavy atom. The third-order valence-electron chi connectivity index (χ3n) is 3.65. The zero-order valence-corrected chi connectivity index (χ0v) is 10.3. The van der Waals surface area contributed by atoms with Crippen molar-refractivity contribution in [1.29, 1.82) is 0 Å². The summed E-state index contributed by atoms with van der Waals surface area (Å²) in [6, 6.07) is 2.17. The van der Waals surface area contributed by atoms with E-state index in [0.29, 0.717) is 24.3 Å². The van der Waals surface area contributed by atoms with Crippen molar-refractivity contribution >= 4 is 5.97 Å². The molecule has 2 rings (SSSR count). The lowest BCUT2D eigenvalue weighted by molar-refractivity contribution is 0.0661. The first-order valence-corrected chi connectivity index (χ1v) is 6.14. The summed E-state index contributed by atoms with van der Waals surface area (Å²) in [5.74, 6) is 0.425. The molecule has 0 radical (unpaired) electrons. The van der Waals surface area contributed by atoms with Crippen LogP contribution in [0, 0.1) is 12.8 Å². The van der Waals surface area contributed by atoms with Crippen LogP contribution in [0.5, 0.6) is 0 Å². The van der Waals surface area contributed by atoms with Crippen molar-refractivity contribution in [2.24, 2.45) is 5.92 Å². The van der Waals surface area contributed by atoms with Gasteiger partial charge in [0.05, 0.1) is 0 Å². The molecule has 0 spiro atoms. The van der Waals surface area contributed by atoms with E-state index in [1.165, 1.54) is 19.3 Å². The van der Waals surface area contributed by atoms with Gasteiger partial charge in [0.2, 0.25) is 5.76 Å². The highest BCUT2D eigenvalue weighted by Crippen LogP contribution is 2.25. The molecule has 0 saturated heterocycles. The molecule has 2 unspecified atom stereocenters. The maximum atomic E-state index is 10.8. The summed E-state index contributed by atoms with van der Waals surface area (Å²) in [6.45, 7) is 4.76. The lowest BCUT2D eigenvalue weighted by Gasteiger charge is -2.16. The van der Waals surface area contributed by atoms with Crippen LogP contribution in [0.1, 0.15) is 48.1 Å². The predicted molar refractivity (Wildman–Crippen MR) is 64.0 cm³/mol. The predicted octanol–water partition coefficient (Wildman–Crippen LogP) is 2.56. The van der Waals surface area contributed by atoms with E-state index in [1.807, 2.05) is 6.92 Å². The lowest BCUT2D eigenvalue weighted by atomic mass is 10.1. The fraction of sp³-hybridized carbons (Fsp3) is 0.615. The number of aryl methyl sites for hydroxylation is 1. The average molecular weight is 237 g/mol. The molecule has 1 aliphatic carbocycles. The molecule has 0 bridgehead atoms. The summed E-state index contributed by atoms with van der Waals surface area (Å²) in [5.41, 5.74) is 0.946. The molecule has 17 heavy (non-hydrogen) atoms. The maximum absolute atomic E-state index is 10.8. The van der Waals surface area contributed by atoms with Crippen molar-refractivity contribution < 1.29 is 14.3 Å². The highest BCUT2D eigenvalue weighted by molar-refractivity contribution is 5.84. The van der Waals surface area contributed by atoms with Crippen LogP contribution in [0.25, 0.3) is 0 Å². The van der Waals surface area contributed by atoms with Gasteiger partial charge in [-0.05, 0) is 31.7 Å². The Balaban J connectivity index is 1.96. The summed E-state index contributed by atoms with van der Waals surface area (Å²) in [6.07, 6.45) is 3.77. The zero-order valence-electron chi connectivity index (χ0n) is 10.3. The van der Waals surface area contributed by atoms with E-state index < -0.39 is 5.97 Å². The summed E-state index contributed by atoms with van der Waals surface area (Å²) >= 11 is 0. The van der Waals surface area contributed by atoms with E-state index in [1.54, 1.807) is 6.07 Å². The van der Waals surface area contributed by atoms with Crippen LogP contribution >= 0.6 is 0 Å². The molecule has 2 atom stereocenters. The van der Waals surface area contributed by atoms with Crippen molar-refractivity contribution in [2.75, 3.05) is 0 Å². The molecule has 1 heterocycles. The van der Waals surface area contributed by atoms with Gasteiger partial charge in [-0.1, -0.05) is 13.3 Å². The second kappa shape index (κ2) is 4.92. The topological polar surface area (TPSA) is 62.5 Å². The van der Waals surface area contributed by atoms with Gasteiger partial charge in [-0.3, -0.25) is 0 Å². The molecular formula is C13H19NO3. The molecule has 4 heteroatoms. The van der Waals surface area contributed by atoms with Crippen LogP contribution in [0.4, 0.5) is 0 Å². The van der Waals surface area contributed by atoms with E-state index >= 15 is 0 Å². The summed E-state index contributed by atoms with van der Waals surface area (Å²) in [4.78, 5) is 10.8. The Hall–Kier alpha value is -1.29. The van der Waals surface area contributed by atoms with Crippen molar-refractivity contribution in [3.8, 4) is 0 Å². The van der Waals surface area contributed by atoms with Crippen LogP contribution in [-0.4, -0.2) is 17.1 Å². The molecule has 1 fully saturated rings. The molecule has 1 saturated carbocycles. The number of hydrogen-bond donors (Lipinski definition) is 2. The minimum Gasteiger partial charge on any atom is -0.475 e. The molecule has 1 aliphatic rings. The highest BCUT2D eigenvalue weighted by Gasteiger charge is 2.23. The standard InChI is InChI=1S/C13H19NO3/c1-8-4-3-5-11(8)14-7-10-6-12(13(15)16)17-9(10)2/h6,8,11,14H,3-5,7H2,1-2H3,(H,15,16). The molecule has 0 aromatic carbocycles. The number of carboxylic acids is 1. The van der Waals surface area contributed by atoms with Gasteiger partial charge in [0.25, 0.3) is 0 Å². The van der Waals surface area contributed by atoms with Crippen LogP contribution in [0.3, 0.4) is 0 Å². The number of carbonyl (C=O) groups is 1. The van der Waals surface area contributed by atoms with Gasteiger partial charge in [0, 0.05) is 18.2 Å². The number of aromatic carboxylic acids is 1. The molecule has 2 N–H and O–H groups in total. The highest BCUT2D eigenvalue weighted by atomic mass is 16.4. The van der Waals surface area contributed by atoms with Crippen molar-refractivity contribution in [3.05, 3.63) is 23.2 Å². The lowest BCUT2D eigenvalue weighted by Crippen LogP contribution is -2.30. The van der Waals surface area contributed by atoms with Gasteiger partial charge >= 0.3 is 5.97 Å². The van der Waals surface area contributed by atoms with Gasteiger partial charge in [0.1, 0.15) is 5.76 Å². The second-order valence-corrected chi connectivity index (χ2v) is 4.89. The fourth-order valence-corrected chi connectivity index (χ4v) is 2.49. The third-order valence-corrected chi connectivity index (χ3v) is 3.65. The Labute approximate surface area is 101 Å². The molecule has 0 amide bonds.